The first kappa shape index (κ1) is 10.7. The Morgan fingerprint density at radius 2 is 2.43 bits per heavy atom. The molecule has 74 valence electrons. The third-order valence-electron chi connectivity index (χ3n) is 1.49. The molecule has 1 amide bonds. The van der Waals surface area contributed by atoms with Crippen molar-refractivity contribution in [2.45, 2.75) is 5.16 Å². The Morgan fingerprint density at radius 3 is 2.93 bits per heavy atom. The van der Waals surface area contributed by atoms with Crippen LogP contribution in [0, 0.1) is 0 Å². The molecule has 0 bridgehead atoms. The number of hydroxylamine groups is 1. The predicted molar refractivity (Wildman–Crippen MR) is 54.2 cm³/mol. The maximum absolute atomic E-state index is 10.3. The summed E-state index contributed by atoms with van der Waals surface area (Å²) in [5, 5.41) is 10.1. The minimum atomic E-state index is 0.134. The van der Waals surface area contributed by atoms with E-state index in [0.29, 0.717) is 15.8 Å². The van der Waals surface area contributed by atoms with E-state index >= 15 is 0 Å². The first-order valence-corrected chi connectivity index (χ1v) is 4.92. The van der Waals surface area contributed by atoms with Gasteiger partial charge in [-0.05, 0) is 6.26 Å². The number of aromatic nitrogens is 2. The highest BCUT2D eigenvalue weighted by Gasteiger charge is 2.09. The molecule has 0 unspecified atom stereocenters. The highest BCUT2D eigenvalue weighted by Crippen LogP contribution is 2.19. The fraction of sp³-hybridized carbons (Fsp3) is 0.125. The normalized spacial score (nSPS) is 9.57. The highest BCUT2D eigenvalue weighted by atomic mass is 32.2. The van der Waals surface area contributed by atoms with Crippen LogP contribution in [0.4, 0.5) is 5.82 Å². The molecule has 0 aliphatic carbocycles. The second-order valence-corrected chi connectivity index (χ2v) is 3.06. The number of hydrogen-bond acceptors (Lipinski definition) is 5. The number of amides is 1. The summed E-state index contributed by atoms with van der Waals surface area (Å²) >= 11 is 1.32. The van der Waals surface area contributed by atoms with E-state index in [0.717, 1.165) is 0 Å². The van der Waals surface area contributed by atoms with Gasteiger partial charge in [-0.15, -0.1) is 0 Å². The second-order valence-electron chi connectivity index (χ2n) is 2.29. The zero-order valence-corrected chi connectivity index (χ0v) is 8.36. The fourth-order valence-electron chi connectivity index (χ4n) is 0.842. The van der Waals surface area contributed by atoms with Crippen molar-refractivity contribution in [3.8, 4) is 0 Å². The van der Waals surface area contributed by atoms with Gasteiger partial charge in [0.05, 0.1) is 0 Å². The van der Waals surface area contributed by atoms with E-state index in [9.17, 15) is 10.0 Å². The summed E-state index contributed by atoms with van der Waals surface area (Å²) < 4.78 is 0. The highest BCUT2D eigenvalue weighted by molar-refractivity contribution is 7.98. The number of carbonyl (C=O) groups excluding carboxylic acids is 1. The molecule has 0 radical (unpaired) electrons. The summed E-state index contributed by atoms with van der Waals surface area (Å²) in [6.07, 6.45) is 5.02. The molecule has 5 nitrogen and oxygen atoms in total. The summed E-state index contributed by atoms with van der Waals surface area (Å²) in [6.45, 7) is 3.52. The van der Waals surface area contributed by atoms with Crippen LogP contribution in [0.2, 0.25) is 0 Å². The Morgan fingerprint density at radius 1 is 1.71 bits per heavy atom. The third kappa shape index (κ3) is 2.09. The van der Waals surface area contributed by atoms with Crippen molar-refractivity contribution >= 4 is 30.1 Å². The Bertz CT molecular complexity index is 356. The van der Waals surface area contributed by atoms with E-state index in [2.05, 4.69) is 16.5 Å². The zero-order valence-electron chi connectivity index (χ0n) is 7.54. The molecule has 1 aromatic heterocycles. The lowest BCUT2D eigenvalue weighted by Gasteiger charge is -2.10. The smallest absolute Gasteiger partial charge is 0.239 e. The van der Waals surface area contributed by atoms with Crippen LogP contribution in [0.25, 0.3) is 6.08 Å². The molecule has 0 saturated heterocycles. The minimum Gasteiger partial charge on any atom is -0.280 e. The monoisotopic (exact) mass is 211 g/mol. The Hall–Kier alpha value is -1.40. The molecule has 1 rings (SSSR count). The molecule has 0 fully saturated rings. The number of carbonyl (C=O) groups is 1. The number of rotatable bonds is 4. The number of nitrogens with zero attached hydrogens (tertiary/aromatic N) is 3. The lowest BCUT2D eigenvalue weighted by molar-refractivity contribution is -0.111. The maximum Gasteiger partial charge on any atom is 0.239 e. The SMILES string of the molecule is C=Cc1cnc(SC)nc1N(O)C=O. The van der Waals surface area contributed by atoms with Crippen LogP contribution < -0.4 is 5.06 Å². The first-order valence-electron chi connectivity index (χ1n) is 3.69. The molecule has 6 heteroatoms. The van der Waals surface area contributed by atoms with Gasteiger partial charge in [0, 0.05) is 11.8 Å². The summed E-state index contributed by atoms with van der Waals surface area (Å²) in [4.78, 5) is 18.3. The topological polar surface area (TPSA) is 66.3 Å². The van der Waals surface area contributed by atoms with Crippen molar-refractivity contribution < 1.29 is 10.0 Å². The van der Waals surface area contributed by atoms with Crippen molar-refractivity contribution in [3.63, 3.8) is 0 Å². The van der Waals surface area contributed by atoms with Gasteiger partial charge in [-0.3, -0.25) is 10.0 Å². The van der Waals surface area contributed by atoms with Crippen molar-refractivity contribution in [2.24, 2.45) is 0 Å². The van der Waals surface area contributed by atoms with Crippen LogP contribution in [0.3, 0.4) is 0 Å². The fourth-order valence-corrected chi connectivity index (χ4v) is 1.18. The summed E-state index contributed by atoms with van der Waals surface area (Å²) in [5.41, 5.74) is 0.498. The molecule has 0 aliphatic heterocycles. The summed E-state index contributed by atoms with van der Waals surface area (Å²) in [7, 11) is 0. The molecule has 1 aromatic rings. The molecule has 1 heterocycles. The van der Waals surface area contributed by atoms with E-state index in [1.54, 1.807) is 6.26 Å². The van der Waals surface area contributed by atoms with Gasteiger partial charge in [0.25, 0.3) is 0 Å². The molecular formula is C8H9N3O2S. The maximum atomic E-state index is 10.3. The van der Waals surface area contributed by atoms with Gasteiger partial charge in [0.1, 0.15) is 0 Å². The van der Waals surface area contributed by atoms with Crippen LogP contribution in [0.1, 0.15) is 5.56 Å². The molecule has 0 aromatic carbocycles. The van der Waals surface area contributed by atoms with Gasteiger partial charge in [-0.25, -0.2) is 9.97 Å². The first-order chi connectivity index (χ1) is 6.72. The minimum absolute atomic E-state index is 0.134. The van der Waals surface area contributed by atoms with Gasteiger partial charge < -0.3 is 0 Å². The number of hydrogen-bond donors (Lipinski definition) is 1. The molecule has 0 saturated carbocycles. The molecule has 0 spiro atoms. The van der Waals surface area contributed by atoms with Crippen LogP contribution >= 0.6 is 11.8 Å². The average Bonchev–Trinajstić information content (AvgIpc) is 2.27. The van der Waals surface area contributed by atoms with Gasteiger partial charge in [0.2, 0.25) is 6.41 Å². The van der Waals surface area contributed by atoms with Crippen molar-refractivity contribution in [1.82, 2.24) is 9.97 Å². The van der Waals surface area contributed by atoms with Crippen LogP contribution in [0.5, 0.6) is 0 Å². The summed E-state index contributed by atoms with van der Waals surface area (Å²) in [6, 6.07) is 0. The van der Waals surface area contributed by atoms with E-state index in [1.165, 1.54) is 24.0 Å². The quantitative estimate of drug-likeness (QED) is 0.266. The standard InChI is InChI=1S/C8H9N3O2S/c1-3-6-4-9-8(14-2)10-7(6)11(13)5-12/h3-5,13H,1H2,2H3. The Balaban J connectivity index is 3.20. The van der Waals surface area contributed by atoms with E-state index in [1.807, 2.05) is 0 Å². The predicted octanol–water partition coefficient (Wildman–Crippen LogP) is 1.19. The molecule has 0 aliphatic rings. The lowest BCUT2D eigenvalue weighted by atomic mass is 10.3. The third-order valence-corrected chi connectivity index (χ3v) is 2.06. The van der Waals surface area contributed by atoms with E-state index < -0.39 is 0 Å². The molecule has 0 atom stereocenters. The zero-order chi connectivity index (χ0) is 10.6. The van der Waals surface area contributed by atoms with Crippen molar-refractivity contribution in [2.75, 3.05) is 11.3 Å². The van der Waals surface area contributed by atoms with E-state index in [4.69, 9.17) is 0 Å². The Kier molecular flexibility index (Phi) is 3.61. The van der Waals surface area contributed by atoms with Crippen LogP contribution in [-0.4, -0.2) is 27.8 Å². The largest absolute Gasteiger partial charge is 0.280 e. The lowest BCUT2D eigenvalue weighted by Crippen LogP contribution is -2.18. The molecule has 14 heavy (non-hydrogen) atoms. The van der Waals surface area contributed by atoms with Crippen molar-refractivity contribution in [1.29, 1.82) is 0 Å². The Labute approximate surface area is 85.4 Å². The number of anilines is 1. The number of thioether (sulfide) groups is 1. The molecular weight excluding hydrogens is 202 g/mol. The van der Waals surface area contributed by atoms with E-state index in [-0.39, 0.29) is 12.2 Å². The second kappa shape index (κ2) is 4.73. The van der Waals surface area contributed by atoms with Crippen LogP contribution in [-0.2, 0) is 4.79 Å². The van der Waals surface area contributed by atoms with Gasteiger partial charge >= 0.3 is 0 Å². The summed E-state index contributed by atoms with van der Waals surface area (Å²) in [5.74, 6) is 0.134. The average molecular weight is 211 g/mol. The van der Waals surface area contributed by atoms with Crippen molar-refractivity contribution in [3.05, 3.63) is 18.3 Å². The molecule has 1 N–H and O–H groups in total. The van der Waals surface area contributed by atoms with Gasteiger partial charge in [0.15, 0.2) is 11.0 Å². The van der Waals surface area contributed by atoms with Gasteiger partial charge in [-0.2, -0.15) is 5.06 Å². The van der Waals surface area contributed by atoms with Gasteiger partial charge in [-0.1, -0.05) is 24.4 Å². The van der Waals surface area contributed by atoms with Crippen LogP contribution in [0.15, 0.2) is 17.9 Å².